The van der Waals surface area contributed by atoms with E-state index in [0.29, 0.717) is 30.8 Å². The fraction of sp³-hybridized carbons (Fsp3) is 0.429. The molecule has 0 fully saturated rings. The van der Waals surface area contributed by atoms with Crippen molar-refractivity contribution in [3.63, 3.8) is 0 Å². The predicted octanol–water partition coefficient (Wildman–Crippen LogP) is 1.10. The van der Waals surface area contributed by atoms with Crippen molar-refractivity contribution in [2.24, 2.45) is 31.4 Å². The Balaban J connectivity index is 1.36. The van der Waals surface area contributed by atoms with Gasteiger partial charge in [-0.1, -0.05) is 12.1 Å². The molecule has 0 amide bonds. The first kappa shape index (κ1) is 23.1. The smallest absolute Gasteiger partial charge is 0.202 e. The number of thiophene rings is 2. The van der Waals surface area contributed by atoms with Gasteiger partial charge in [-0.3, -0.25) is 10.6 Å². The Hall–Kier alpha value is -3.12. The number of rotatable bonds is 9. The van der Waals surface area contributed by atoms with Crippen molar-refractivity contribution in [1.82, 2.24) is 20.9 Å². The van der Waals surface area contributed by atoms with E-state index in [1.165, 1.54) is 9.75 Å². The Kier molecular flexibility index (Phi) is 7.79. The molecule has 2 unspecified atom stereocenters. The van der Waals surface area contributed by atoms with Gasteiger partial charge in [0.1, 0.15) is 12.3 Å². The lowest BCUT2D eigenvalue weighted by atomic mass is 10.2. The van der Waals surface area contributed by atoms with Crippen LogP contribution in [0.3, 0.4) is 0 Å². The molecule has 33 heavy (non-hydrogen) atoms. The fourth-order valence-electron chi connectivity index (χ4n) is 3.54. The first-order valence-electron chi connectivity index (χ1n) is 10.9. The lowest BCUT2D eigenvalue weighted by molar-refractivity contribution is 0.384. The molecule has 7 N–H and O–H groups in total. The van der Waals surface area contributed by atoms with Gasteiger partial charge >= 0.3 is 0 Å². The third-order valence-corrected chi connectivity index (χ3v) is 6.97. The van der Waals surface area contributed by atoms with Gasteiger partial charge in [0.05, 0.1) is 0 Å². The van der Waals surface area contributed by atoms with Crippen LogP contribution in [0.1, 0.15) is 23.1 Å². The van der Waals surface area contributed by atoms with Crippen LogP contribution in [0.4, 0.5) is 0 Å². The number of nitrogens with zero attached hydrogens (tertiary/aromatic N) is 5. The van der Waals surface area contributed by atoms with Gasteiger partial charge in [-0.2, -0.15) is 0 Å². The summed E-state index contributed by atoms with van der Waals surface area (Å²) in [5.74, 6) is 2.15. The third kappa shape index (κ3) is 6.93. The van der Waals surface area contributed by atoms with E-state index in [9.17, 15) is 0 Å². The van der Waals surface area contributed by atoms with Gasteiger partial charge < -0.3 is 21.7 Å². The van der Waals surface area contributed by atoms with Gasteiger partial charge in [0.15, 0.2) is 17.9 Å². The molecule has 4 rings (SSSR count). The van der Waals surface area contributed by atoms with Crippen molar-refractivity contribution in [1.29, 1.82) is 0 Å². The zero-order valence-electron chi connectivity index (χ0n) is 18.6. The molecular weight excluding hydrogens is 456 g/mol. The number of hydrogen-bond acceptors (Lipinski definition) is 12. The molecule has 0 spiro atoms. The predicted molar refractivity (Wildman–Crippen MR) is 138 cm³/mol. The Morgan fingerprint density at radius 2 is 1.67 bits per heavy atom. The van der Waals surface area contributed by atoms with Crippen molar-refractivity contribution in [2.45, 2.75) is 38.5 Å². The molecule has 0 saturated carbocycles. The Morgan fingerprint density at radius 1 is 0.939 bits per heavy atom. The van der Waals surface area contributed by atoms with Gasteiger partial charge in [0.2, 0.25) is 5.96 Å². The fourth-order valence-corrected chi connectivity index (χ4v) is 4.95. The van der Waals surface area contributed by atoms with Crippen LogP contribution in [0.25, 0.3) is 0 Å². The van der Waals surface area contributed by atoms with Gasteiger partial charge in [0.25, 0.3) is 0 Å². The summed E-state index contributed by atoms with van der Waals surface area (Å²) >= 11 is 3.51. The first-order chi connectivity index (χ1) is 16.0. The van der Waals surface area contributed by atoms with E-state index in [-0.39, 0.29) is 12.3 Å². The van der Waals surface area contributed by atoms with Crippen LogP contribution in [0.15, 0.2) is 55.0 Å². The summed E-state index contributed by atoms with van der Waals surface area (Å²) in [6.45, 7) is 4.19. The SMILES string of the molecule is CC1N=C(N)NC(N(CCc2cccs2)CCC2N=C(N)NC(NCCc3cccs3)=N2)=N1. The highest BCUT2D eigenvalue weighted by Crippen LogP contribution is 2.13. The monoisotopic (exact) mass is 486 g/mol. The van der Waals surface area contributed by atoms with E-state index in [1.807, 2.05) is 6.92 Å². The van der Waals surface area contributed by atoms with E-state index in [2.05, 4.69) is 70.9 Å². The summed E-state index contributed by atoms with van der Waals surface area (Å²) in [5.41, 5.74) is 12.0. The summed E-state index contributed by atoms with van der Waals surface area (Å²) in [6, 6.07) is 8.41. The molecule has 176 valence electrons. The topological polar surface area (TPSA) is 141 Å². The maximum atomic E-state index is 6.03. The lowest BCUT2D eigenvalue weighted by Crippen LogP contribution is -2.51. The van der Waals surface area contributed by atoms with Gasteiger partial charge in [0, 0.05) is 35.8 Å². The van der Waals surface area contributed by atoms with Crippen LogP contribution in [0.5, 0.6) is 0 Å². The van der Waals surface area contributed by atoms with Crippen molar-refractivity contribution in [2.75, 3.05) is 19.6 Å². The number of guanidine groups is 4. The van der Waals surface area contributed by atoms with Crippen LogP contribution in [-0.4, -0.2) is 60.7 Å². The zero-order chi connectivity index (χ0) is 23.0. The number of nitrogens with one attached hydrogen (secondary N) is 3. The molecule has 0 bridgehead atoms. The van der Waals surface area contributed by atoms with E-state index in [1.54, 1.807) is 22.7 Å². The van der Waals surface area contributed by atoms with Crippen LogP contribution in [0.2, 0.25) is 0 Å². The van der Waals surface area contributed by atoms with Crippen molar-refractivity contribution < 1.29 is 0 Å². The summed E-state index contributed by atoms with van der Waals surface area (Å²) in [4.78, 5) is 22.9. The summed E-state index contributed by atoms with van der Waals surface area (Å²) in [5, 5.41) is 13.6. The first-order valence-corrected chi connectivity index (χ1v) is 12.7. The van der Waals surface area contributed by atoms with Gasteiger partial charge in [-0.25, -0.2) is 20.0 Å². The van der Waals surface area contributed by atoms with E-state index >= 15 is 0 Å². The number of aliphatic imine (C=N–C) groups is 4. The van der Waals surface area contributed by atoms with E-state index < -0.39 is 0 Å². The summed E-state index contributed by atoms with van der Waals surface area (Å²) in [7, 11) is 0. The molecule has 0 aliphatic carbocycles. The molecule has 0 radical (unpaired) electrons. The zero-order valence-corrected chi connectivity index (χ0v) is 20.2. The second kappa shape index (κ2) is 11.1. The van der Waals surface area contributed by atoms with Crippen LogP contribution >= 0.6 is 22.7 Å². The quantitative estimate of drug-likeness (QED) is 0.359. The molecule has 2 aromatic rings. The standard InChI is InChI=1S/C21H30N10S2/c1-14-25-18(22)30-21(26-14)31(10-7-16-5-3-13-33-16)11-8-17-27-19(23)29-20(28-17)24-9-6-15-4-2-12-32-15/h2-5,12-14,17H,6-11H2,1H3,(H3,22,25,26,30)(H4,23,24,27,28,29). The minimum atomic E-state index is -0.271. The van der Waals surface area contributed by atoms with Gasteiger partial charge in [-0.15, -0.1) is 22.7 Å². The van der Waals surface area contributed by atoms with Crippen LogP contribution in [-0.2, 0) is 12.8 Å². The molecule has 0 aromatic carbocycles. The minimum absolute atomic E-state index is 0.213. The van der Waals surface area contributed by atoms with Gasteiger partial charge in [-0.05, 0) is 42.7 Å². The summed E-state index contributed by atoms with van der Waals surface area (Å²) < 4.78 is 0. The minimum Gasteiger partial charge on any atom is -0.370 e. The number of hydrogen-bond donors (Lipinski definition) is 5. The normalized spacial score (nSPS) is 20.0. The second-order valence-electron chi connectivity index (χ2n) is 7.68. The van der Waals surface area contributed by atoms with Crippen LogP contribution in [0, 0.1) is 0 Å². The molecule has 12 heteroatoms. The highest BCUT2D eigenvalue weighted by molar-refractivity contribution is 7.10. The molecule has 2 atom stereocenters. The van der Waals surface area contributed by atoms with E-state index in [0.717, 1.165) is 31.9 Å². The Morgan fingerprint density at radius 3 is 2.36 bits per heavy atom. The van der Waals surface area contributed by atoms with Crippen molar-refractivity contribution in [3.05, 3.63) is 44.8 Å². The third-order valence-electron chi connectivity index (χ3n) is 5.10. The lowest BCUT2D eigenvalue weighted by Gasteiger charge is -2.30. The van der Waals surface area contributed by atoms with Crippen molar-refractivity contribution >= 4 is 46.5 Å². The molecule has 10 nitrogen and oxygen atoms in total. The Labute approximate surface area is 201 Å². The average molecular weight is 487 g/mol. The molecule has 2 aliphatic rings. The maximum absolute atomic E-state index is 6.03. The van der Waals surface area contributed by atoms with E-state index in [4.69, 9.17) is 16.5 Å². The number of nitrogens with two attached hydrogens (primary N) is 2. The molecule has 4 heterocycles. The maximum Gasteiger partial charge on any atom is 0.202 e. The highest BCUT2D eigenvalue weighted by Gasteiger charge is 2.21. The average Bonchev–Trinajstić information content (AvgIpc) is 3.47. The molecular formula is C21H30N10S2. The van der Waals surface area contributed by atoms with Crippen molar-refractivity contribution in [3.8, 4) is 0 Å². The highest BCUT2D eigenvalue weighted by atomic mass is 32.1. The largest absolute Gasteiger partial charge is 0.370 e. The molecule has 2 aromatic heterocycles. The molecule has 0 saturated heterocycles. The molecule has 2 aliphatic heterocycles. The second-order valence-corrected chi connectivity index (χ2v) is 9.75. The Bertz CT molecular complexity index is 1010. The summed E-state index contributed by atoms with van der Waals surface area (Å²) in [6.07, 6.45) is 2.06. The van der Waals surface area contributed by atoms with Crippen LogP contribution < -0.4 is 27.4 Å².